The van der Waals surface area contributed by atoms with E-state index in [1.165, 1.54) is 38.5 Å². The molecular formula is C18H34O7. The summed E-state index contributed by atoms with van der Waals surface area (Å²) in [5.74, 6) is -2.65. The minimum atomic E-state index is -2.16. The number of hydrogen-bond acceptors (Lipinski definition) is 7. The van der Waals surface area contributed by atoms with Gasteiger partial charge < -0.3 is 25.2 Å². The van der Waals surface area contributed by atoms with Crippen LogP contribution in [-0.2, 0) is 14.3 Å². The van der Waals surface area contributed by atoms with E-state index >= 15 is 0 Å². The second-order valence-corrected chi connectivity index (χ2v) is 6.53. The Labute approximate surface area is 150 Å². The van der Waals surface area contributed by atoms with Crippen LogP contribution in [0, 0.1) is 0 Å². The van der Waals surface area contributed by atoms with Crippen LogP contribution in [0.2, 0.25) is 0 Å². The maximum Gasteiger partial charge on any atom is 0.348 e. The monoisotopic (exact) mass is 362 g/mol. The smallest absolute Gasteiger partial charge is 0.348 e. The van der Waals surface area contributed by atoms with Crippen LogP contribution in [0.15, 0.2) is 0 Å². The Morgan fingerprint density at radius 3 is 1.84 bits per heavy atom. The summed E-state index contributed by atoms with van der Waals surface area (Å²) in [6.07, 6.45) is 8.98. The first-order valence-corrected chi connectivity index (χ1v) is 9.29. The van der Waals surface area contributed by atoms with Crippen molar-refractivity contribution in [1.29, 1.82) is 0 Å². The van der Waals surface area contributed by atoms with Crippen LogP contribution in [0.4, 0.5) is 0 Å². The fourth-order valence-corrected chi connectivity index (χ4v) is 2.48. The molecule has 0 rings (SSSR count). The van der Waals surface area contributed by atoms with Gasteiger partial charge in [-0.25, -0.2) is 9.59 Å². The van der Waals surface area contributed by atoms with Crippen molar-refractivity contribution in [2.24, 2.45) is 0 Å². The van der Waals surface area contributed by atoms with Gasteiger partial charge in [0.25, 0.3) is 0 Å². The molecule has 0 aromatic rings. The van der Waals surface area contributed by atoms with Crippen LogP contribution < -0.4 is 0 Å². The Bertz CT molecular complexity index is 372. The van der Waals surface area contributed by atoms with Gasteiger partial charge >= 0.3 is 11.9 Å². The summed E-state index contributed by atoms with van der Waals surface area (Å²) >= 11 is 0. The molecule has 0 amide bonds. The minimum absolute atomic E-state index is 0.0265. The Kier molecular flexibility index (Phi) is 13.6. The molecule has 0 aromatic carbocycles. The minimum Gasteiger partial charge on any atom is -0.393 e. The molecule has 0 heterocycles. The number of rotatable bonds is 15. The lowest BCUT2D eigenvalue weighted by atomic mass is 9.96. The van der Waals surface area contributed by atoms with Crippen molar-refractivity contribution < 1.29 is 34.8 Å². The van der Waals surface area contributed by atoms with Crippen molar-refractivity contribution in [2.75, 3.05) is 13.2 Å². The zero-order valence-electron chi connectivity index (χ0n) is 15.3. The quantitative estimate of drug-likeness (QED) is 0.197. The zero-order chi connectivity index (χ0) is 19.1. The summed E-state index contributed by atoms with van der Waals surface area (Å²) in [4.78, 5) is 23.0. The lowest BCUT2D eigenvalue weighted by Crippen LogP contribution is -2.46. The number of unbranched alkanes of at least 4 members (excludes halogenated alkanes) is 9. The van der Waals surface area contributed by atoms with Gasteiger partial charge in [0.2, 0.25) is 0 Å². The van der Waals surface area contributed by atoms with Crippen LogP contribution in [0.1, 0.15) is 77.6 Å². The van der Waals surface area contributed by atoms with E-state index in [1.807, 2.05) is 0 Å². The predicted molar refractivity (Wildman–Crippen MR) is 92.7 cm³/mol. The molecule has 0 radical (unpaired) electrons. The first kappa shape index (κ1) is 24.0. The van der Waals surface area contributed by atoms with Crippen molar-refractivity contribution >= 4 is 11.9 Å². The molecule has 2 unspecified atom stereocenters. The van der Waals surface area contributed by atoms with E-state index in [9.17, 15) is 19.8 Å². The number of aliphatic hydroxyl groups is 4. The molecule has 0 aliphatic heterocycles. The van der Waals surface area contributed by atoms with Gasteiger partial charge in [0.05, 0.1) is 13.2 Å². The third kappa shape index (κ3) is 10.5. The summed E-state index contributed by atoms with van der Waals surface area (Å²) in [7, 11) is 0. The first-order chi connectivity index (χ1) is 11.9. The molecule has 7 nitrogen and oxygen atoms in total. The molecular weight excluding hydrogens is 328 g/mol. The summed E-state index contributed by atoms with van der Waals surface area (Å²) in [6, 6.07) is 0. The molecule has 4 N–H and O–H groups in total. The Hall–Kier alpha value is -1.02. The van der Waals surface area contributed by atoms with Crippen LogP contribution in [0.25, 0.3) is 0 Å². The van der Waals surface area contributed by atoms with E-state index in [-0.39, 0.29) is 6.42 Å². The van der Waals surface area contributed by atoms with Gasteiger partial charge in [-0.3, -0.25) is 0 Å². The third-order valence-electron chi connectivity index (χ3n) is 4.22. The van der Waals surface area contributed by atoms with E-state index in [0.717, 1.165) is 19.3 Å². The van der Waals surface area contributed by atoms with Crippen LogP contribution in [0.5, 0.6) is 0 Å². The van der Waals surface area contributed by atoms with Crippen molar-refractivity contribution in [3.63, 3.8) is 0 Å². The van der Waals surface area contributed by atoms with Crippen LogP contribution >= 0.6 is 0 Å². The van der Waals surface area contributed by atoms with E-state index in [1.54, 1.807) is 0 Å². The van der Waals surface area contributed by atoms with Crippen molar-refractivity contribution in [3.05, 3.63) is 0 Å². The lowest BCUT2D eigenvalue weighted by molar-refractivity contribution is -0.183. The van der Waals surface area contributed by atoms with Gasteiger partial charge in [-0.15, -0.1) is 0 Å². The molecule has 25 heavy (non-hydrogen) atoms. The van der Waals surface area contributed by atoms with Crippen molar-refractivity contribution in [1.82, 2.24) is 0 Å². The van der Waals surface area contributed by atoms with Gasteiger partial charge in [0.1, 0.15) is 0 Å². The second-order valence-electron chi connectivity index (χ2n) is 6.53. The highest BCUT2D eigenvalue weighted by Crippen LogP contribution is 2.18. The van der Waals surface area contributed by atoms with Gasteiger partial charge in [-0.2, -0.15) is 0 Å². The second kappa shape index (κ2) is 14.2. The molecule has 0 fully saturated rings. The number of hydrogen-bond donors (Lipinski definition) is 4. The van der Waals surface area contributed by atoms with Gasteiger partial charge in [-0.05, 0) is 12.8 Å². The third-order valence-corrected chi connectivity index (χ3v) is 4.22. The average Bonchev–Trinajstić information content (AvgIpc) is 2.62. The Morgan fingerprint density at radius 1 is 0.920 bits per heavy atom. The number of esters is 2. The number of aliphatic hydroxyl groups excluding tert-OH is 3. The van der Waals surface area contributed by atoms with Gasteiger partial charge in [0.15, 0.2) is 11.7 Å². The fourth-order valence-electron chi connectivity index (χ4n) is 2.48. The summed E-state index contributed by atoms with van der Waals surface area (Å²) in [6.45, 7) is 0.432. The molecule has 0 aromatic heterocycles. The molecule has 148 valence electrons. The summed E-state index contributed by atoms with van der Waals surface area (Å²) in [5.41, 5.74) is -2.16. The van der Waals surface area contributed by atoms with Gasteiger partial charge in [-0.1, -0.05) is 64.7 Å². The SMILES string of the molecule is CCCCCCCCCCCCC(O)(CO)C(=O)OC(=O)C(O)CO. The van der Waals surface area contributed by atoms with Crippen LogP contribution in [0.3, 0.4) is 0 Å². The lowest BCUT2D eigenvalue weighted by Gasteiger charge is -2.23. The fraction of sp³-hybridized carbons (Fsp3) is 0.889. The van der Waals surface area contributed by atoms with E-state index in [2.05, 4.69) is 11.7 Å². The maximum absolute atomic E-state index is 11.8. The predicted octanol–water partition coefficient (Wildman–Crippen LogP) is 1.44. The standard InChI is InChI=1S/C18H34O7/c1-2-3-4-5-6-7-8-9-10-11-12-18(24,14-20)17(23)25-16(22)15(21)13-19/h15,19-21,24H,2-14H2,1H3. The maximum atomic E-state index is 11.8. The zero-order valence-corrected chi connectivity index (χ0v) is 15.3. The summed E-state index contributed by atoms with van der Waals surface area (Å²) in [5, 5.41) is 37.0. The van der Waals surface area contributed by atoms with Crippen molar-refractivity contribution in [2.45, 2.75) is 89.3 Å². The van der Waals surface area contributed by atoms with Crippen LogP contribution in [-0.4, -0.2) is 57.3 Å². The first-order valence-electron chi connectivity index (χ1n) is 9.29. The number of carbonyl (C=O) groups excluding carboxylic acids is 2. The highest BCUT2D eigenvalue weighted by Gasteiger charge is 2.38. The topological polar surface area (TPSA) is 124 Å². The normalized spacial score (nSPS) is 14.8. The van der Waals surface area contributed by atoms with E-state index in [0.29, 0.717) is 6.42 Å². The molecule has 7 heteroatoms. The number of ether oxygens (including phenoxy) is 1. The molecule has 0 saturated carbocycles. The molecule has 2 atom stereocenters. The molecule has 0 saturated heterocycles. The Balaban J connectivity index is 3.95. The highest BCUT2D eigenvalue weighted by molar-refractivity contribution is 5.92. The van der Waals surface area contributed by atoms with Gasteiger partial charge in [0, 0.05) is 0 Å². The average molecular weight is 362 g/mol. The highest BCUT2D eigenvalue weighted by atomic mass is 16.6. The molecule has 0 aliphatic carbocycles. The molecule has 0 aliphatic rings. The Morgan fingerprint density at radius 2 is 1.40 bits per heavy atom. The largest absolute Gasteiger partial charge is 0.393 e. The van der Waals surface area contributed by atoms with E-state index in [4.69, 9.17) is 10.2 Å². The summed E-state index contributed by atoms with van der Waals surface area (Å²) < 4.78 is 4.30. The number of carbonyl (C=O) groups is 2. The molecule has 0 bridgehead atoms. The van der Waals surface area contributed by atoms with E-state index < -0.39 is 36.9 Å². The molecule has 0 spiro atoms. The van der Waals surface area contributed by atoms with Crippen molar-refractivity contribution in [3.8, 4) is 0 Å².